The molecule has 2 rings (SSSR count). The van der Waals surface area contributed by atoms with E-state index in [0.717, 1.165) is 31.4 Å². The molecule has 0 heterocycles. The van der Waals surface area contributed by atoms with E-state index in [9.17, 15) is 9.59 Å². The first kappa shape index (κ1) is 25.2. The van der Waals surface area contributed by atoms with Crippen molar-refractivity contribution in [2.75, 3.05) is 13.2 Å². The molecule has 0 spiro atoms. The third-order valence-corrected chi connectivity index (χ3v) is 5.01. The zero-order valence-corrected chi connectivity index (χ0v) is 18.8. The van der Waals surface area contributed by atoms with Crippen LogP contribution in [0.3, 0.4) is 0 Å². The Bertz CT molecular complexity index is 799. The number of ether oxygens (including phenoxy) is 3. The van der Waals surface area contributed by atoms with Crippen molar-refractivity contribution in [1.29, 1.82) is 0 Å². The highest BCUT2D eigenvalue weighted by molar-refractivity contribution is 5.91. The van der Waals surface area contributed by atoms with E-state index in [1.807, 2.05) is 18.2 Å². The predicted octanol–water partition coefficient (Wildman–Crippen LogP) is 6.52. The lowest BCUT2D eigenvalue weighted by Crippen LogP contribution is -2.08. The normalized spacial score (nSPS) is 10.4. The summed E-state index contributed by atoms with van der Waals surface area (Å²) in [6, 6.07) is 16.1. The van der Waals surface area contributed by atoms with Crippen molar-refractivity contribution in [3.05, 3.63) is 72.8 Å². The zero-order valence-electron chi connectivity index (χ0n) is 18.8. The van der Waals surface area contributed by atoms with Gasteiger partial charge in [0.25, 0.3) is 0 Å². The number of esters is 2. The summed E-state index contributed by atoms with van der Waals surface area (Å²) in [5.74, 6) is 0.581. The fourth-order valence-electron chi connectivity index (χ4n) is 3.21. The molecule has 5 nitrogen and oxygen atoms in total. The molecule has 5 heteroatoms. The van der Waals surface area contributed by atoms with Gasteiger partial charge in [-0.2, -0.15) is 0 Å². The SMILES string of the molecule is C=CC(=O)OCCCCCCCCCCCOc1ccc(C(=O)Oc2ccccc2)cc1. The molecule has 2 aromatic rings. The van der Waals surface area contributed by atoms with Gasteiger partial charge in [-0.3, -0.25) is 0 Å². The highest BCUT2D eigenvalue weighted by Gasteiger charge is 2.08. The maximum absolute atomic E-state index is 12.2. The molecule has 32 heavy (non-hydrogen) atoms. The van der Waals surface area contributed by atoms with Gasteiger partial charge in [0.2, 0.25) is 0 Å². The van der Waals surface area contributed by atoms with E-state index in [1.54, 1.807) is 36.4 Å². The lowest BCUT2D eigenvalue weighted by molar-refractivity contribution is -0.137. The van der Waals surface area contributed by atoms with E-state index in [-0.39, 0.29) is 11.9 Å². The first-order valence-corrected chi connectivity index (χ1v) is 11.5. The van der Waals surface area contributed by atoms with Gasteiger partial charge in [0, 0.05) is 6.08 Å². The zero-order chi connectivity index (χ0) is 22.9. The molecule has 172 valence electrons. The minimum absolute atomic E-state index is 0.338. The van der Waals surface area contributed by atoms with Crippen LogP contribution in [-0.4, -0.2) is 25.2 Å². The van der Waals surface area contributed by atoms with E-state index in [0.29, 0.717) is 24.5 Å². The number of benzene rings is 2. The van der Waals surface area contributed by atoms with Crippen LogP contribution in [0.1, 0.15) is 68.1 Å². The van der Waals surface area contributed by atoms with Crippen molar-refractivity contribution in [2.45, 2.75) is 57.8 Å². The Hall–Kier alpha value is -3.08. The van der Waals surface area contributed by atoms with Crippen LogP contribution in [-0.2, 0) is 9.53 Å². The van der Waals surface area contributed by atoms with Gasteiger partial charge in [-0.1, -0.05) is 69.7 Å². The second-order valence-electron chi connectivity index (χ2n) is 7.63. The molecule has 0 bridgehead atoms. The average Bonchev–Trinajstić information content (AvgIpc) is 2.82. The fraction of sp³-hybridized carbons (Fsp3) is 0.407. The van der Waals surface area contributed by atoms with Gasteiger partial charge in [-0.15, -0.1) is 0 Å². The van der Waals surface area contributed by atoms with Crippen molar-refractivity contribution >= 4 is 11.9 Å². The maximum Gasteiger partial charge on any atom is 0.343 e. The van der Waals surface area contributed by atoms with E-state index in [1.165, 1.54) is 38.2 Å². The Balaban J connectivity index is 1.45. The molecule has 0 amide bonds. The fourth-order valence-corrected chi connectivity index (χ4v) is 3.21. The lowest BCUT2D eigenvalue weighted by Gasteiger charge is -2.08. The van der Waals surface area contributed by atoms with E-state index in [4.69, 9.17) is 14.2 Å². The first-order valence-electron chi connectivity index (χ1n) is 11.5. The molecule has 0 saturated heterocycles. The van der Waals surface area contributed by atoms with E-state index in [2.05, 4.69) is 6.58 Å². The van der Waals surface area contributed by atoms with Gasteiger partial charge in [0.1, 0.15) is 11.5 Å². The maximum atomic E-state index is 12.2. The standard InChI is InChI=1S/C27H34O5/c1-2-26(28)31-22-14-9-7-5-3-4-6-8-13-21-30-24-19-17-23(18-20-24)27(29)32-25-15-11-10-12-16-25/h2,10-12,15-20H,1,3-9,13-14,21-22H2. The third-order valence-electron chi connectivity index (χ3n) is 5.01. The average molecular weight is 439 g/mol. The molecular formula is C27H34O5. The molecule has 0 unspecified atom stereocenters. The molecule has 0 fully saturated rings. The highest BCUT2D eigenvalue weighted by atomic mass is 16.5. The molecule has 0 saturated carbocycles. The monoisotopic (exact) mass is 438 g/mol. The summed E-state index contributed by atoms with van der Waals surface area (Å²) in [5, 5.41) is 0. The highest BCUT2D eigenvalue weighted by Crippen LogP contribution is 2.16. The van der Waals surface area contributed by atoms with Crippen LogP contribution in [0, 0.1) is 0 Å². The molecule has 0 aliphatic carbocycles. The summed E-state index contributed by atoms with van der Waals surface area (Å²) in [4.78, 5) is 23.1. The number of rotatable bonds is 16. The van der Waals surface area contributed by atoms with Gasteiger partial charge >= 0.3 is 11.9 Å². The number of hydrogen-bond donors (Lipinski definition) is 0. The van der Waals surface area contributed by atoms with Crippen LogP contribution in [0.25, 0.3) is 0 Å². The molecule has 0 aromatic heterocycles. The van der Waals surface area contributed by atoms with E-state index >= 15 is 0 Å². The van der Waals surface area contributed by atoms with Crippen LogP contribution in [0.4, 0.5) is 0 Å². The van der Waals surface area contributed by atoms with Crippen LogP contribution < -0.4 is 9.47 Å². The molecule has 0 N–H and O–H groups in total. The van der Waals surface area contributed by atoms with Crippen molar-refractivity contribution < 1.29 is 23.8 Å². The molecular weight excluding hydrogens is 404 g/mol. The van der Waals surface area contributed by atoms with Gasteiger partial charge in [0.05, 0.1) is 18.8 Å². The van der Waals surface area contributed by atoms with Crippen molar-refractivity contribution in [3.8, 4) is 11.5 Å². The minimum atomic E-state index is -0.376. The summed E-state index contributed by atoms with van der Waals surface area (Å²) < 4.78 is 16.1. The lowest BCUT2D eigenvalue weighted by atomic mass is 10.1. The van der Waals surface area contributed by atoms with Gasteiger partial charge in [-0.05, 0) is 49.2 Å². The quantitative estimate of drug-likeness (QED) is 0.129. The van der Waals surface area contributed by atoms with Crippen LogP contribution >= 0.6 is 0 Å². The van der Waals surface area contributed by atoms with Gasteiger partial charge in [0.15, 0.2) is 0 Å². The van der Waals surface area contributed by atoms with Crippen LogP contribution in [0.5, 0.6) is 11.5 Å². The van der Waals surface area contributed by atoms with Crippen molar-refractivity contribution in [3.63, 3.8) is 0 Å². The van der Waals surface area contributed by atoms with Gasteiger partial charge < -0.3 is 14.2 Å². The summed E-state index contributed by atoms with van der Waals surface area (Å²) >= 11 is 0. The number of carbonyl (C=O) groups is 2. The number of hydrogen-bond acceptors (Lipinski definition) is 5. The Kier molecular flexibility index (Phi) is 12.3. The largest absolute Gasteiger partial charge is 0.494 e. The second-order valence-corrected chi connectivity index (χ2v) is 7.63. The topological polar surface area (TPSA) is 61.8 Å². The molecule has 2 aromatic carbocycles. The number of para-hydroxylation sites is 1. The molecule has 0 aliphatic heterocycles. The molecule has 0 radical (unpaired) electrons. The first-order chi connectivity index (χ1) is 15.7. The summed E-state index contributed by atoms with van der Waals surface area (Å²) in [6.45, 7) is 4.54. The Morgan fingerprint density at radius 1 is 0.688 bits per heavy atom. The summed E-state index contributed by atoms with van der Waals surface area (Å²) in [7, 11) is 0. The Morgan fingerprint density at radius 2 is 1.25 bits per heavy atom. The molecule has 0 aliphatic rings. The smallest absolute Gasteiger partial charge is 0.343 e. The van der Waals surface area contributed by atoms with E-state index < -0.39 is 0 Å². The number of carbonyl (C=O) groups excluding carboxylic acids is 2. The number of unbranched alkanes of at least 4 members (excludes halogenated alkanes) is 8. The Labute approximate surface area is 191 Å². The second kappa shape index (κ2) is 15.7. The predicted molar refractivity (Wildman–Crippen MR) is 126 cm³/mol. The van der Waals surface area contributed by atoms with Crippen LogP contribution in [0.2, 0.25) is 0 Å². The van der Waals surface area contributed by atoms with Gasteiger partial charge in [-0.25, -0.2) is 9.59 Å². The van der Waals surface area contributed by atoms with Crippen LogP contribution in [0.15, 0.2) is 67.3 Å². The Morgan fingerprint density at radius 3 is 1.84 bits per heavy atom. The minimum Gasteiger partial charge on any atom is -0.494 e. The summed E-state index contributed by atoms with van der Waals surface area (Å²) in [5.41, 5.74) is 0.499. The van der Waals surface area contributed by atoms with Crippen molar-refractivity contribution in [2.24, 2.45) is 0 Å². The third kappa shape index (κ3) is 10.8. The van der Waals surface area contributed by atoms with Crippen molar-refractivity contribution in [1.82, 2.24) is 0 Å². The summed E-state index contributed by atoms with van der Waals surface area (Å²) in [6.07, 6.45) is 11.5. The molecule has 0 atom stereocenters.